The number of nitriles is 1. The second kappa shape index (κ2) is 6.00. The summed E-state index contributed by atoms with van der Waals surface area (Å²) >= 11 is -1.30. The van der Waals surface area contributed by atoms with Gasteiger partial charge in [-0.15, -0.1) is 4.72 Å². The Labute approximate surface area is 130 Å². The van der Waals surface area contributed by atoms with E-state index in [1.165, 1.54) is 25.7 Å². The van der Waals surface area contributed by atoms with Crippen molar-refractivity contribution in [1.82, 2.24) is 4.72 Å². The maximum atomic E-state index is 12.4. The van der Waals surface area contributed by atoms with Gasteiger partial charge in [0.05, 0.1) is 17.4 Å². The number of nitrogens with zero attached hydrogens (tertiary/aromatic N) is 1. The van der Waals surface area contributed by atoms with Gasteiger partial charge in [-0.1, -0.05) is 24.1 Å². The van der Waals surface area contributed by atoms with Crippen molar-refractivity contribution in [2.45, 2.75) is 56.4 Å². The Bertz CT molecular complexity index is 533. The van der Waals surface area contributed by atoms with Crippen molar-refractivity contribution in [2.75, 3.05) is 0 Å². The maximum absolute atomic E-state index is 12.4. The summed E-state index contributed by atoms with van der Waals surface area (Å²) in [7, 11) is 0. The molecule has 0 radical (unpaired) electrons. The third-order valence-electron chi connectivity index (χ3n) is 5.01. The highest BCUT2D eigenvalue weighted by Gasteiger charge is 2.47. The lowest BCUT2D eigenvalue weighted by atomic mass is 9.76. The van der Waals surface area contributed by atoms with Gasteiger partial charge in [0, 0.05) is 0 Å². The summed E-state index contributed by atoms with van der Waals surface area (Å²) in [5, 5.41) is 9.46. The van der Waals surface area contributed by atoms with Crippen molar-refractivity contribution in [3.05, 3.63) is 29.8 Å². The van der Waals surface area contributed by atoms with Gasteiger partial charge >= 0.3 is 0 Å². The third kappa shape index (κ3) is 3.42. The lowest BCUT2D eigenvalue weighted by Gasteiger charge is -2.31. The summed E-state index contributed by atoms with van der Waals surface area (Å²) in [4.78, 5) is 0.748. The predicted octanol–water partition coefficient (Wildman–Crippen LogP) is 3.47. The van der Waals surface area contributed by atoms with E-state index in [-0.39, 0.29) is 6.04 Å². The first-order valence-electron chi connectivity index (χ1n) is 7.76. The first kappa shape index (κ1) is 14.9. The second-order valence-corrected chi connectivity index (χ2v) is 7.91. The average molecular weight is 302 g/mol. The van der Waals surface area contributed by atoms with Crippen molar-refractivity contribution < 1.29 is 4.55 Å². The molecule has 2 aliphatic rings. The van der Waals surface area contributed by atoms with Crippen molar-refractivity contribution in [3.8, 4) is 6.07 Å². The maximum Gasteiger partial charge on any atom is 0.173 e. The van der Waals surface area contributed by atoms with Crippen LogP contribution in [0.25, 0.3) is 0 Å². The SMILES string of the molecule is Cc1ccc([S+]([O-])N[C@H](C#N)[C@H]2CCCC3(CC3)C2)cc1. The minimum absolute atomic E-state index is 0.301. The largest absolute Gasteiger partial charge is 0.593 e. The van der Waals surface area contributed by atoms with E-state index in [1.54, 1.807) is 0 Å². The van der Waals surface area contributed by atoms with Crippen LogP contribution in [0.3, 0.4) is 0 Å². The highest BCUT2D eigenvalue weighted by atomic mass is 32.2. The van der Waals surface area contributed by atoms with Gasteiger partial charge in [0.15, 0.2) is 4.90 Å². The number of nitrogens with one attached hydrogen (secondary N) is 1. The zero-order valence-corrected chi connectivity index (χ0v) is 13.3. The van der Waals surface area contributed by atoms with E-state index in [0.29, 0.717) is 11.3 Å². The fraction of sp³-hybridized carbons (Fsp3) is 0.588. The van der Waals surface area contributed by atoms with Crippen LogP contribution >= 0.6 is 0 Å². The van der Waals surface area contributed by atoms with Crippen LogP contribution in [0.15, 0.2) is 29.2 Å². The molecule has 0 bridgehead atoms. The molecule has 4 heteroatoms. The molecular weight excluding hydrogens is 280 g/mol. The smallest absolute Gasteiger partial charge is 0.173 e. The molecule has 1 aromatic rings. The molecule has 0 saturated heterocycles. The van der Waals surface area contributed by atoms with E-state index in [0.717, 1.165) is 23.3 Å². The minimum atomic E-state index is -1.30. The normalized spacial score (nSPS) is 26.0. The summed E-state index contributed by atoms with van der Waals surface area (Å²) in [5.74, 6) is 0.348. The van der Waals surface area contributed by atoms with E-state index in [9.17, 15) is 9.81 Å². The average Bonchev–Trinajstić information content (AvgIpc) is 3.24. The topological polar surface area (TPSA) is 58.9 Å². The highest BCUT2D eigenvalue weighted by Crippen LogP contribution is 2.58. The molecule has 3 atom stereocenters. The van der Waals surface area contributed by atoms with Gasteiger partial charge in [-0.2, -0.15) is 5.26 Å². The van der Waals surface area contributed by atoms with E-state index in [4.69, 9.17) is 0 Å². The van der Waals surface area contributed by atoms with Crippen molar-refractivity contribution >= 4 is 11.4 Å². The predicted molar refractivity (Wildman–Crippen MR) is 83.7 cm³/mol. The van der Waals surface area contributed by atoms with Crippen LogP contribution in [0.2, 0.25) is 0 Å². The Morgan fingerprint density at radius 3 is 2.67 bits per heavy atom. The monoisotopic (exact) mass is 302 g/mol. The molecule has 0 heterocycles. The van der Waals surface area contributed by atoms with Crippen LogP contribution in [-0.4, -0.2) is 10.6 Å². The fourth-order valence-corrected chi connectivity index (χ4v) is 4.48. The molecule has 21 heavy (non-hydrogen) atoms. The lowest BCUT2D eigenvalue weighted by molar-refractivity contribution is 0.229. The lowest BCUT2D eigenvalue weighted by Crippen LogP contribution is -2.41. The van der Waals surface area contributed by atoms with Gasteiger partial charge < -0.3 is 4.55 Å². The zero-order chi connectivity index (χ0) is 14.9. The number of rotatable bonds is 4. The number of hydrogen-bond acceptors (Lipinski definition) is 3. The van der Waals surface area contributed by atoms with Gasteiger partial charge in [-0.05, 0) is 62.5 Å². The first-order chi connectivity index (χ1) is 10.1. The van der Waals surface area contributed by atoms with Crippen LogP contribution in [0.4, 0.5) is 0 Å². The molecule has 1 unspecified atom stereocenters. The Kier molecular flexibility index (Phi) is 4.26. The van der Waals surface area contributed by atoms with Gasteiger partial charge in [0.1, 0.15) is 6.04 Å². The van der Waals surface area contributed by atoms with Crippen molar-refractivity contribution in [1.29, 1.82) is 5.26 Å². The molecule has 2 saturated carbocycles. The van der Waals surface area contributed by atoms with Gasteiger partial charge in [0.25, 0.3) is 0 Å². The first-order valence-corrected chi connectivity index (χ1v) is 8.91. The second-order valence-electron chi connectivity index (χ2n) is 6.66. The summed E-state index contributed by atoms with van der Waals surface area (Å²) in [5.41, 5.74) is 1.68. The summed E-state index contributed by atoms with van der Waals surface area (Å²) in [6, 6.07) is 9.70. The summed E-state index contributed by atoms with van der Waals surface area (Å²) in [6.07, 6.45) is 7.39. The number of aryl methyl sites for hydroxylation is 1. The molecular formula is C17H22N2OS. The Balaban J connectivity index is 1.64. The number of hydrogen-bond donors (Lipinski definition) is 1. The zero-order valence-electron chi connectivity index (χ0n) is 12.5. The Morgan fingerprint density at radius 1 is 1.33 bits per heavy atom. The fourth-order valence-electron chi connectivity index (χ4n) is 3.49. The van der Waals surface area contributed by atoms with Gasteiger partial charge in [-0.3, -0.25) is 0 Å². The summed E-state index contributed by atoms with van der Waals surface area (Å²) in [6.45, 7) is 2.01. The van der Waals surface area contributed by atoms with E-state index >= 15 is 0 Å². The molecule has 1 aromatic carbocycles. The highest BCUT2D eigenvalue weighted by molar-refractivity contribution is 7.89. The van der Waals surface area contributed by atoms with Gasteiger partial charge in [-0.25, -0.2) is 0 Å². The molecule has 2 fully saturated rings. The van der Waals surface area contributed by atoms with Crippen molar-refractivity contribution in [2.24, 2.45) is 11.3 Å². The molecule has 0 aromatic heterocycles. The van der Waals surface area contributed by atoms with Crippen LogP contribution < -0.4 is 4.72 Å². The molecule has 0 aliphatic heterocycles. The van der Waals surface area contributed by atoms with Crippen molar-refractivity contribution in [3.63, 3.8) is 0 Å². The molecule has 1 spiro atoms. The number of benzene rings is 1. The molecule has 3 rings (SSSR count). The Hall–Kier alpha value is -1.02. The Morgan fingerprint density at radius 2 is 2.05 bits per heavy atom. The minimum Gasteiger partial charge on any atom is -0.593 e. The van der Waals surface area contributed by atoms with Crippen LogP contribution in [0.1, 0.15) is 44.1 Å². The van der Waals surface area contributed by atoms with Crippen LogP contribution in [0.5, 0.6) is 0 Å². The molecule has 112 valence electrons. The van der Waals surface area contributed by atoms with Crippen LogP contribution in [-0.2, 0) is 11.4 Å². The van der Waals surface area contributed by atoms with E-state index in [1.807, 2.05) is 31.2 Å². The third-order valence-corrected chi connectivity index (χ3v) is 6.18. The summed E-state index contributed by atoms with van der Waals surface area (Å²) < 4.78 is 15.4. The molecule has 2 aliphatic carbocycles. The molecule has 1 N–H and O–H groups in total. The van der Waals surface area contributed by atoms with Gasteiger partial charge in [0.2, 0.25) is 0 Å². The van der Waals surface area contributed by atoms with E-state index in [2.05, 4.69) is 10.8 Å². The quantitative estimate of drug-likeness (QED) is 0.866. The van der Waals surface area contributed by atoms with E-state index < -0.39 is 11.4 Å². The van der Waals surface area contributed by atoms with Crippen LogP contribution in [0, 0.1) is 29.6 Å². The molecule has 0 amide bonds. The molecule has 3 nitrogen and oxygen atoms in total. The standard InChI is InChI=1S/C17H22N2OS/c1-13-4-6-15(7-5-13)21(20)19-16(12-18)14-3-2-8-17(11-14)9-10-17/h4-7,14,16,19H,2-3,8-11H2,1H3/t14-,16+,21?/m0/s1.